The van der Waals surface area contributed by atoms with E-state index in [1.165, 1.54) is 0 Å². The molecule has 37 heavy (non-hydrogen) atoms. The fourth-order valence-electron chi connectivity index (χ4n) is 5.52. The Bertz CT molecular complexity index is 1540. The van der Waals surface area contributed by atoms with Gasteiger partial charge in [-0.15, -0.1) is 0 Å². The first-order valence-electron chi connectivity index (χ1n) is 12.6. The van der Waals surface area contributed by atoms with E-state index < -0.39 is 10.0 Å². The monoisotopic (exact) mass is 522 g/mol. The first-order valence-corrected chi connectivity index (χ1v) is 14.3. The number of imidazole rings is 1. The molecular formula is C26H30N6O4S. The molecule has 6 rings (SSSR count). The minimum Gasteiger partial charge on any atom is -0.488 e. The molecule has 194 valence electrons. The van der Waals surface area contributed by atoms with Crippen molar-refractivity contribution in [1.82, 2.24) is 24.4 Å². The summed E-state index contributed by atoms with van der Waals surface area (Å²) < 4.78 is 41.8. The lowest BCUT2D eigenvalue weighted by atomic mass is 10.0. The summed E-state index contributed by atoms with van der Waals surface area (Å²) in [4.78, 5) is 11.8. The molecule has 0 saturated carbocycles. The molecule has 5 heterocycles. The summed E-state index contributed by atoms with van der Waals surface area (Å²) >= 11 is 0. The zero-order valence-corrected chi connectivity index (χ0v) is 22.0. The number of nitrogens with zero attached hydrogens (tertiary/aromatic N) is 5. The standard InChI is InChI=1S/C26H30N6O4S/c1-4-13-37(33,34)30-18-10-12-31(14-18)26-28-21-9-8-19(23-16(2)29-36-17(23)3)25-24(21)32(26)22(15-35-25)20-7-5-6-11-27-20/h5-9,11,18,22,30H,4,10,12-15H2,1-3H3/t18-,22-/m1/s1. The number of aromatic nitrogens is 4. The van der Waals surface area contributed by atoms with Gasteiger partial charge in [-0.3, -0.25) is 9.55 Å². The van der Waals surface area contributed by atoms with Gasteiger partial charge >= 0.3 is 0 Å². The summed E-state index contributed by atoms with van der Waals surface area (Å²) in [5, 5.41) is 4.14. The minimum atomic E-state index is -3.30. The molecule has 1 fully saturated rings. The summed E-state index contributed by atoms with van der Waals surface area (Å²) in [5.74, 6) is 2.41. The Labute approximate surface area is 215 Å². The predicted molar refractivity (Wildman–Crippen MR) is 140 cm³/mol. The molecule has 10 nitrogen and oxygen atoms in total. The first-order chi connectivity index (χ1) is 17.9. The van der Waals surface area contributed by atoms with Gasteiger partial charge in [0.15, 0.2) is 5.75 Å². The van der Waals surface area contributed by atoms with Crippen molar-refractivity contribution in [3.63, 3.8) is 0 Å². The second kappa shape index (κ2) is 9.14. The molecule has 2 aliphatic rings. The highest BCUT2D eigenvalue weighted by molar-refractivity contribution is 7.89. The lowest BCUT2D eigenvalue weighted by Gasteiger charge is -2.30. The number of ether oxygens (including phenoxy) is 1. The van der Waals surface area contributed by atoms with Gasteiger partial charge in [-0.1, -0.05) is 18.1 Å². The summed E-state index contributed by atoms with van der Waals surface area (Å²) in [5.41, 5.74) is 5.24. The first kappa shape index (κ1) is 23.9. The fourth-order valence-corrected chi connectivity index (χ4v) is 6.88. The maximum Gasteiger partial charge on any atom is 0.211 e. The molecule has 2 atom stereocenters. The summed E-state index contributed by atoms with van der Waals surface area (Å²) in [7, 11) is -3.30. The van der Waals surface area contributed by atoms with Crippen molar-refractivity contribution in [2.45, 2.75) is 45.7 Å². The van der Waals surface area contributed by atoms with Crippen LogP contribution in [0.25, 0.3) is 22.2 Å². The van der Waals surface area contributed by atoms with Gasteiger partial charge in [0.2, 0.25) is 16.0 Å². The zero-order chi connectivity index (χ0) is 25.7. The number of nitrogens with one attached hydrogen (secondary N) is 1. The van der Waals surface area contributed by atoms with Gasteiger partial charge in [0.05, 0.1) is 28.2 Å². The van der Waals surface area contributed by atoms with Gasteiger partial charge in [-0.05, 0) is 51.0 Å². The number of hydrogen-bond acceptors (Lipinski definition) is 8. The molecule has 0 bridgehead atoms. The Morgan fingerprint density at radius 2 is 2.05 bits per heavy atom. The molecule has 4 aromatic rings. The smallest absolute Gasteiger partial charge is 0.211 e. The Kier molecular flexibility index (Phi) is 5.91. The van der Waals surface area contributed by atoms with Gasteiger partial charge in [-0.25, -0.2) is 18.1 Å². The maximum atomic E-state index is 12.4. The lowest BCUT2D eigenvalue weighted by Crippen LogP contribution is -2.39. The second-order valence-electron chi connectivity index (χ2n) is 9.74. The maximum absolute atomic E-state index is 12.4. The van der Waals surface area contributed by atoms with Crippen molar-refractivity contribution >= 4 is 27.0 Å². The highest BCUT2D eigenvalue weighted by atomic mass is 32.2. The van der Waals surface area contributed by atoms with E-state index in [0.29, 0.717) is 32.5 Å². The van der Waals surface area contributed by atoms with Crippen LogP contribution in [0, 0.1) is 13.8 Å². The third-order valence-electron chi connectivity index (χ3n) is 7.11. The molecule has 0 unspecified atom stereocenters. The van der Waals surface area contributed by atoms with Crippen LogP contribution in [0.15, 0.2) is 41.1 Å². The van der Waals surface area contributed by atoms with E-state index in [1.54, 1.807) is 6.20 Å². The number of anilines is 1. The van der Waals surface area contributed by atoms with Crippen LogP contribution in [0.3, 0.4) is 0 Å². The zero-order valence-electron chi connectivity index (χ0n) is 21.1. The Morgan fingerprint density at radius 3 is 2.78 bits per heavy atom. The topological polar surface area (TPSA) is 115 Å². The second-order valence-corrected chi connectivity index (χ2v) is 11.6. The number of rotatable bonds is 7. The van der Waals surface area contributed by atoms with E-state index in [-0.39, 0.29) is 17.8 Å². The predicted octanol–water partition coefficient (Wildman–Crippen LogP) is 3.59. The van der Waals surface area contributed by atoms with Crippen LogP contribution in [0.5, 0.6) is 5.75 Å². The molecule has 0 aliphatic carbocycles. The number of hydrogen-bond donors (Lipinski definition) is 1. The van der Waals surface area contributed by atoms with Crippen molar-refractivity contribution in [2.24, 2.45) is 0 Å². The van der Waals surface area contributed by atoms with Gasteiger partial charge < -0.3 is 14.2 Å². The van der Waals surface area contributed by atoms with Gasteiger partial charge in [0.1, 0.15) is 23.9 Å². The fraction of sp³-hybridized carbons (Fsp3) is 0.423. The van der Waals surface area contributed by atoms with Crippen molar-refractivity contribution in [2.75, 3.05) is 30.3 Å². The van der Waals surface area contributed by atoms with E-state index in [1.807, 2.05) is 51.1 Å². The van der Waals surface area contributed by atoms with Crippen molar-refractivity contribution in [1.29, 1.82) is 0 Å². The molecule has 0 amide bonds. The molecule has 1 N–H and O–H groups in total. The average molecular weight is 523 g/mol. The van der Waals surface area contributed by atoms with Crippen LogP contribution in [0.1, 0.15) is 43.0 Å². The van der Waals surface area contributed by atoms with E-state index in [0.717, 1.165) is 51.0 Å². The molecule has 0 radical (unpaired) electrons. The number of aryl methyl sites for hydroxylation is 2. The van der Waals surface area contributed by atoms with Crippen molar-refractivity contribution in [3.8, 4) is 16.9 Å². The Morgan fingerprint density at radius 1 is 1.19 bits per heavy atom. The Balaban J connectivity index is 1.47. The van der Waals surface area contributed by atoms with Crippen molar-refractivity contribution < 1.29 is 17.7 Å². The molecule has 11 heteroatoms. The highest BCUT2D eigenvalue weighted by Gasteiger charge is 2.36. The van der Waals surface area contributed by atoms with E-state index in [4.69, 9.17) is 14.2 Å². The van der Waals surface area contributed by atoms with E-state index >= 15 is 0 Å². The number of benzene rings is 1. The number of pyridine rings is 1. The third-order valence-corrected chi connectivity index (χ3v) is 8.74. The summed E-state index contributed by atoms with van der Waals surface area (Å²) in [6.07, 6.45) is 3.09. The minimum absolute atomic E-state index is 0.134. The van der Waals surface area contributed by atoms with Crippen LogP contribution >= 0.6 is 0 Å². The summed E-state index contributed by atoms with van der Waals surface area (Å²) in [6, 6.07) is 9.55. The van der Waals surface area contributed by atoms with Crippen LogP contribution in [-0.4, -0.2) is 59.6 Å². The number of sulfonamides is 1. The summed E-state index contributed by atoms with van der Waals surface area (Å²) in [6.45, 7) is 7.34. The molecule has 0 spiro atoms. The average Bonchev–Trinajstić information content (AvgIpc) is 3.58. The normalized spacial score (nSPS) is 19.5. The van der Waals surface area contributed by atoms with Gasteiger partial charge in [-0.2, -0.15) is 0 Å². The highest BCUT2D eigenvalue weighted by Crippen LogP contribution is 2.46. The van der Waals surface area contributed by atoms with E-state index in [9.17, 15) is 8.42 Å². The molecule has 3 aromatic heterocycles. The lowest BCUT2D eigenvalue weighted by molar-refractivity contribution is 0.258. The van der Waals surface area contributed by atoms with Crippen LogP contribution in [-0.2, 0) is 10.0 Å². The van der Waals surface area contributed by atoms with Crippen LogP contribution in [0.4, 0.5) is 5.95 Å². The third kappa shape index (κ3) is 4.15. The molecular weight excluding hydrogens is 492 g/mol. The van der Waals surface area contributed by atoms with Gasteiger partial charge in [0, 0.05) is 30.9 Å². The van der Waals surface area contributed by atoms with E-state index in [2.05, 4.69) is 24.3 Å². The Hall–Kier alpha value is -3.44. The van der Waals surface area contributed by atoms with Crippen LogP contribution < -0.4 is 14.4 Å². The largest absolute Gasteiger partial charge is 0.488 e. The SMILES string of the molecule is CCCS(=O)(=O)N[C@@H]1CCN(c2nc3ccc(-c4c(C)noc4C)c4c3n2[C@@H](c2ccccn2)CO4)C1. The van der Waals surface area contributed by atoms with Crippen LogP contribution in [0.2, 0.25) is 0 Å². The van der Waals surface area contributed by atoms with Gasteiger partial charge in [0.25, 0.3) is 0 Å². The quantitative estimate of drug-likeness (QED) is 0.392. The molecule has 1 aromatic carbocycles. The molecule has 2 aliphatic heterocycles. The molecule has 1 saturated heterocycles. The van der Waals surface area contributed by atoms with Crippen molar-refractivity contribution in [3.05, 3.63) is 53.7 Å².